The lowest BCUT2D eigenvalue weighted by molar-refractivity contribution is -0.119. The second kappa shape index (κ2) is 9.25. The monoisotopic (exact) mass is 448 g/mol. The first-order chi connectivity index (χ1) is 15.4. The number of likely N-dealkylation sites (N-methyl/N-ethyl adjacent to an activating group) is 1. The molecule has 5 heteroatoms. The van der Waals surface area contributed by atoms with E-state index in [4.69, 9.17) is 16.6 Å². The van der Waals surface area contributed by atoms with Crippen LogP contribution in [0.1, 0.15) is 41.7 Å². The van der Waals surface area contributed by atoms with Crippen LogP contribution < -0.4 is 4.90 Å². The third kappa shape index (κ3) is 4.33. The molecule has 0 fully saturated rings. The van der Waals surface area contributed by atoms with E-state index in [2.05, 4.69) is 32.0 Å². The summed E-state index contributed by atoms with van der Waals surface area (Å²) < 4.78 is 13.6. The van der Waals surface area contributed by atoms with Crippen molar-refractivity contribution in [2.24, 2.45) is 4.99 Å². The average Bonchev–Trinajstić information content (AvgIpc) is 2.90. The number of aliphatic imine (C=N–C) groups is 1. The molecule has 0 aromatic heterocycles. The number of benzene rings is 3. The minimum atomic E-state index is -0.594. The van der Waals surface area contributed by atoms with E-state index in [1.54, 1.807) is 30.1 Å². The van der Waals surface area contributed by atoms with E-state index in [0.29, 0.717) is 17.2 Å². The highest BCUT2D eigenvalue weighted by atomic mass is 35.5. The number of carbonyl (C=O) groups excluding carboxylic acids is 1. The lowest BCUT2D eigenvalue weighted by Crippen LogP contribution is -2.36. The Hall–Kier alpha value is -2.98. The highest BCUT2D eigenvalue weighted by Crippen LogP contribution is 2.31. The normalized spacial score (nSPS) is 15.9. The number of hydrogen-bond acceptors (Lipinski definition) is 2. The first-order valence-electron chi connectivity index (χ1n) is 10.9. The molecule has 164 valence electrons. The number of aryl methyl sites for hydroxylation is 2. The van der Waals surface area contributed by atoms with E-state index in [1.807, 2.05) is 12.1 Å². The van der Waals surface area contributed by atoms with E-state index in [9.17, 15) is 9.18 Å². The van der Waals surface area contributed by atoms with Crippen LogP contribution >= 0.6 is 11.6 Å². The number of amides is 1. The molecule has 1 amide bonds. The molecule has 0 saturated heterocycles. The van der Waals surface area contributed by atoms with Gasteiger partial charge in [-0.25, -0.2) is 4.39 Å². The smallest absolute Gasteiger partial charge is 0.251 e. The standard InChI is InChI=1S/C27H26ClFN2O/c1-4-17-6-7-18(5-2)20(14-17)15-24-27(32)31(3)25-13-10-21(28)16-23(25)26(30-24)19-8-11-22(29)12-9-19/h6-14,16,24H,4-5,15H2,1-3H3. The Morgan fingerprint density at radius 3 is 2.41 bits per heavy atom. The van der Waals surface area contributed by atoms with Crippen molar-refractivity contribution in [3.05, 3.63) is 99.3 Å². The van der Waals surface area contributed by atoms with Gasteiger partial charge in [0.25, 0.3) is 5.91 Å². The molecule has 4 rings (SSSR count). The van der Waals surface area contributed by atoms with Crippen LogP contribution in [0.4, 0.5) is 10.1 Å². The Kier molecular flexibility index (Phi) is 6.43. The highest BCUT2D eigenvalue weighted by Gasteiger charge is 2.30. The maximum Gasteiger partial charge on any atom is 0.251 e. The topological polar surface area (TPSA) is 32.7 Å². The largest absolute Gasteiger partial charge is 0.313 e. The quantitative estimate of drug-likeness (QED) is 0.469. The second-order valence-electron chi connectivity index (χ2n) is 8.07. The summed E-state index contributed by atoms with van der Waals surface area (Å²) >= 11 is 6.31. The molecule has 1 aliphatic rings. The highest BCUT2D eigenvalue weighted by molar-refractivity contribution is 6.32. The molecule has 0 spiro atoms. The van der Waals surface area contributed by atoms with Crippen LogP contribution in [0.5, 0.6) is 0 Å². The Balaban J connectivity index is 1.86. The van der Waals surface area contributed by atoms with Crippen LogP contribution in [0.2, 0.25) is 5.02 Å². The Bertz CT molecular complexity index is 1190. The third-order valence-electron chi connectivity index (χ3n) is 6.07. The molecule has 0 aliphatic carbocycles. The summed E-state index contributed by atoms with van der Waals surface area (Å²) in [6.07, 6.45) is 2.33. The second-order valence-corrected chi connectivity index (χ2v) is 8.51. The number of nitrogens with zero attached hydrogens (tertiary/aromatic N) is 2. The number of carbonyl (C=O) groups is 1. The lowest BCUT2D eigenvalue weighted by Gasteiger charge is -2.21. The van der Waals surface area contributed by atoms with Crippen LogP contribution in [0.15, 0.2) is 65.7 Å². The van der Waals surface area contributed by atoms with Gasteiger partial charge in [-0.15, -0.1) is 0 Å². The van der Waals surface area contributed by atoms with Gasteiger partial charge in [0.1, 0.15) is 11.9 Å². The maximum atomic E-state index is 13.6. The lowest BCUT2D eigenvalue weighted by atomic mass is 9.95. The Morgan fingerprint density at radius 2 is 1.72 bits per heavy atom. The Labute approximate surface area is 193 Å². The van der Waals surface area contributed by atoms with Crippen LogP contribution in [0.25, 0.3) is 0 Å². The van der Waals surface area contributed by atoms with E-state index in [-0.39, 0.29) is 11.7 Å². The molecule has 3 aromatic carbocycles. The van der Waals surface area contributed by atoms with Crippen molar-refractivity contribution in [2.75, 3.05) is 11.9 Å². The molecule has 0 saturated carbocycles. The molecular weight excluding hydrogens is 423 g/mol. The van der Waals surface area contributed by atoms with E-state index >= 15 is 0 Å². The fourth-order valence-corrected chi connectivity index (χ4v) is 4.40. The molecule has 1 aliphatic heterocycles. The first kappa shape index (κ1) is 22.2. The van der Waals surface area contributed by atoms with Gasteiger partial charge in [0, 0.05) is 29.6 Å². The summed E-state index contributed by atoms with van der Waals surface area (Å²) in [5.74, 6) is -0.391. The van der Waals surface area contributed by atoms with Crippen molar-refractivity contribution in [2.45, 2.75) is 39.2 Å². The first-order valence-corrected chi connectivity index (χ1v) is 11.3. The van der Waals surface area contributed by atoms with Crippen molar-refractivity contribution in [3.8, 4) is 0 Å². The van der Waals surface area contributed by atoms with Crippen LogP contribution in [0.3, 0.4) is 0 Å². The SMILES string of the molecule is CCc1ccc(CC)c(CC2N=C(c3ccc(F)cc3)c3cc(Cl)ccc3N(C)C2=O)c1. The predicted molar refractivity (Wildman–Crippen MR) is 130 cm³/mol. The molecule has 3 aromatic rings. The number of anilines is 1. The van der Waals surface area contributed by atoms with Crippen molar-refractivity contribution < 1.29 is 9.18 Å². The molecule has 1 unspecified atom stereocenters. The zero-order valence-electron chi connectivity index (χ0n) is 18.5. The zero-order chi connectivity index (χ0) is 22.8. The maximum absolute atomic E-state index is 13.6. The van der Waals surface area contributed by atoms with Gasteiger partial charge in [0.05, 0.1) is 11.4 Å². The van der Waals surface area contributed by atoms with Gasteiger partial charge in [-0.3, -0.25) is 9.79 Å². The van der Waals surface area contributed by atoms with Gasteiger partial charge in [0.15, 0.2) is 0 Å². The van der Waals surface area contributed by atoms with Gasteiger partial charge in [-0.05, 0) is 72.0 Å². The third-order valence-corrected chi connectivity index (χ3v) is 6.30. The molecule has 0 radical (unpaired) electrons. The van der Waals surface area contributed by atoms with Crippen LogP contribution in [-0.2, 0) is 24.1 Å². The summed E-state index contributed by atoms with van der Waals surface area (Å²) in [6, 6.07) is 17.5. The summed E-state index contributed by atoms with van der Waals surface area (Å²) in [5, 5.41) is 0.557. The van der Waals surface area contributed by atoms with Gasteiger partial charge >= 0.3 is 0 Å². The van der Waals surface area contributed by atoms with Gasteiger partial charge in [-0.1, -0.05) is 43.6 Å². The Morgan fingerprint density at radius 1 is 0.969 bits per heavy atom. The zero-order valence-corrected chi connectivity index (χ0v) is 19.3. The van der Waals surface area contributed by atoms with Crippen LogP contribution in [-0.4, -0.2) is 24.7 Å². The number of fused-ring (bicyclic) bond motifs is 1. The van der Waals surface area contributed by atoms with E-state index in [0.717, 1.165) is 35.2 Å². The van der Waals surface area contributed by atoms with Crippen molar-refractivity contribution in [3.63, 3.8) is 0 Å². The van der Waals surface area contributed by atoms with Crippen LogP contribution in [0, 0.1) is 5.82 Å². The number of benzodiazepines with no additional fused rings is 1. The summed E-state index contributed by atoms with van der Waals surface area (Å²) in [7, 11) is 1.77. The number of hydrogen-bond donors (Lipinski definition) is 0. The molecule has 32 heavy (non-hydrogen) atoms. The minimum Gasteiger partial charge on any atom is -0.313 e. The molecule has 1 heterocycles. The summed E-state index contributed by atoms with van der Waals surface area (Å²) in [6.45, 7) is 4.25. The molecule has 3 nitrogen and oxygen atoms in total. The fourth-order valence-electron chi connectivity index (χ4n) is 4.23. The molecular formula is C27H26ClFN2O. The summed E-state index contributed by atoms with van der Waals surface area (Å²) in [5.41, 5.74) is 6.51. The summed E-state index contributed by atoms with van der Waals surface area (Å²) in [4.78, 5) is 20.1. The van der Waals surface area contributed by atoms with Gasteiger partial charge < -0.3 is 4.90 Å². The average molecular weight is 449 g/mol. The van der Waals surface area contributed by atoms with E-state index in [1.165, 1.54) is 23.3 Å². The fraction of sp³-hybridized carbons (Fsp3) is 0.259. The van der Waals surface area contributed by atoms with Crippen molar-refractivity contribution in [1.29, 1.82) is 0 Å². The minimum absolute atomic E-state index is 0.0744. The van der Waals surface area contributed by atoms with E-state index < -0.39 is 6.04 Å². The van der Waals surface area contributed by atoms with Gasteiger partial charge in [-0.2, -0.15) is 0 Å². The number of halogens is 2. The van der Waals surface area contributed by atoms with Crippen molar-refractivity contribution in [1.82, 2.24) is 0 Å². The van der Waals surface area contributed by atoms with Gasteiger partial charge in [0.2, 0.25) is 0 Å². The molecule has 1 atom stereocenters. The van der Waals surface area contributed by atoms with Crippen molar-refractivity contribution >= 4 is 28.9 Å². The molecule has 0 N–H and O–H groups in total. The predicted octanol–water partition coefficient (Wildman–Crippen LogP) is 6.03. The molecule has 0 bridgehead atoms. The number of rotatable bonds is 5.